The van der Waals surface area contributed by atoms with E-state index >= 15 is 0 Å². The van der Waals surface area contributed by atoms with Crippen LogP contribution in [0.5, 0.6) is 5.75 Å². The number of hydrogen-bond acceptors (Lipinski definition) is 2. The number of fused-ring (bicyclic) bond motifs is 1. The Morgan fingerprint density at radius 1 is 1.13 bits per heavy atom. The summed E-state index contributed by atoms with van der Waals surface area (Å²) < 4.78 is 7.44. The quantitative estimate of drug-likeness (QED) is 0.774. The summed E-state index contributed by atoms with van der Waals surface area (Å²) in [5, 5.41) is 3.99. The minimum absolute atomic E-state index is 0.0414. The molecular weight excluding hydrogens is 288 g/mol. The van der Waals surface area contributed by atoms with Crippen molar-refractivity contribution < 1.29 is 9.53 Å². The first-order chi connectivity index (χ1) is 11.2. The highest BCUT2D eigenvalue weighted by Crippen LogP contribution is 2.22. The molecule has 3 rings (SSSR count). The molecular formula is C19H20N2O2. The Bertz CT molecular complexity index is 819. The molecule has 4 heteroatoms. The number of nitrogens with zero attached hydrogens (tertiary/aromatic N) is 1. The van der Waals surface area contributed by atoms with Crippen LogP contribution < -0.4 is 10.1 Å². The first-order valence-corrected chi connectivity index (χ1v) is 7.74. The Labute approximate surface area is 135 Å². The van der Waals surface area contributed by atoms with Gasteiger partial charge in [0.2, 0.25) is 5.91 Å². The fourth-order valence-electron chi connectivity index (χ4n) is 2.56. The molecule has 0 radical (unpaired) electrons. The molecule has 3 aromatic rings. The van der Waals surface area contributed by atoms with Crippen LogP contribution in [0, 0.1) is 6.92 Å². The lowest BCUT2D eigenvalue weighted by molar-refractivity contribution is -0.116. The third kappa shape index (κ3) is 3.54. The number of carbonyl (C=O) groups is 1. The number of nitrogens with one attached hydrogen (secondary N) is 1. The third-order valence-electron chi connectivity index (χ3n) is 3.70. The van der Waals surface area contributed by atoms with Gasteiger partial charge < -0.3 is 14.6 Å². The van der Waals surface area contributed by atoms with E-state index in [4.69, 9.17) is 4.74 Å². The number of rotatable bonds is 5. The zero-order chi connectivity index (χ0) is 16.2. The highest BCUT2D eigenvalue weighted by molar-refractivity contribution is 5.92. The minimum Gasteiger partial charge on any atom is -0.494 e. The van der Waals surface area contributed by atoms with Crippen LogP contribution in [0.15, 0.2) is 54.7 Å². The summed E-state index contributed by atoms with van der Waals surface area (Å²) in [5.41, 5.74) is 3.01. The van der Waals surface area contributed by atoms with Crippen molar-refractivity contribution in [1.82, 2.24) is 4.57 Å². The van der Waals surface area contributed by atoms with Crippen LogP contribution in [0.3, 0.4) is 0 Å². The number of hydrogen-bond donors (Lipinski definition) is 1. The van der Waals surface area contributed by atoms with Crippen LogP contribution in [-0.4, -0.2) is 17.1 Å². The lowest BCUT2D eigenvalue weighted by Crippen LogP contribution is -2.18. The molecule has 23 heavy (non-hydrogen) atoms. The molecule has 0 aliphatic carbocycles. The molecule has 118 valence electrons. The molecule has 0 bridgehead atoms. The van der Waals surface area contributed by atoms with Gasteiger partial charge in [-0.05, 0) is 50.2 Å². The summed E-state index contributed by atoms with van der Waals surface area (Å²) in [6.45, 7) is 4.91. The predicted molar refractivity (Wildman–Crippen MR) is 92.9 cm³/mol. The number of anilines is 1. The molecule has 2 aromatic carbocycles. The fraction of sp³-hybridized carbons (Fsp3) is 0.211. The molecule has 1 amide bonds. The monoisotopic (exact) mass is 308 g/mol. The van der Waals surface area contributed by atoms with Gasteiger partial charge in [0, 0.05) is 22.8 Å². The number of benzene rings is 2. The first kappa shape index (κ1) is 15.2. The van der Waals surface area contributed by atoms with Crippen LogP contribution in [-0.2, 0) is 11.3 Å². The number of ether oxygens (including phenoxy) is 1. The number of carbonyl (C=O) groups excluding carboxylic acids is 1. The number of aromatic nitrogens is 1. The van der Waals surface area contributed by atoms with Gasteiger partial charge >= 0.3 is 0 Å². The third-order valence-corrected chi connectivity index (χ3v) is 3.70. The zero-order valence-electron chi connectivity index (χ0n) is 13.4. The molecule has 0 saturated heterocycles. The van der Waals surface area contributed by atoms with E-state index in [-0.39, 0.29) is 12.5 Å². The lowest BCUT2D eigenvalue weighted by Gasteiger charge is -2.08. The summed E-state index contributed by atoms with van der Waals surface area (Å²) in [5.74, 6) is 0.807. The van der Waals surface area contributed by atoms with E-state index < -0.39 is 0 Å². The standard InChI is InChI=1S/C19H20N2O2/c1-3-23-17-8-9-18-15(12-17)10-11-21(18)13-19(22)20-16-6-4-14(2)5-7-16/h4-12H,3,13H2,1-2H3,(H,20,22). The Kier molecular flexibility index (Phi) is 4.33. The summed E-state index contributed by atoms with van der Waals surface area (Å²) in [7, 11) is 0. The van der Waals surface area contributed by atoms with Crippen molar-refractivity contribution in [2.75, 3.05) is 11.9 Å². The second-order valence-corrected chi connectivity index (χ2v) is 5.51. The van der Waals surface area contributed by atoms with Crippen molar-refractivity contribution >= 4 is 22.5 Å². The molecule has 0 atom stereocenters. The van der Waals surface area contributed by atoms with Crippen LogP contribution in [0.2, 0.25) is 0 Å². The lowest BCUT2D eigenvalue weighted by atomic mass is 10.2. The molecule has 0 aliphatic heterocycles. The van der Waals surface area contributed by atoms with E-state index in [1.165, 1.54) is 5.56 Å². The van der Waals surface area contributed by atoms with Gasteiger partial charge in [-0.15, -0.1) is 0 Å². The van der Waals surface area contributed by atoms with E-state index in [0.717, 1.165) is 22.3 Å². The second-order valence-electron chi connectivity index (χ2n) is 5.51. The minimum atomic E-state index is -0.0414. The smallest absolute Gasteiger partial charge is 0.244 e. The number of aryl methyl sites for hydroxylation is 1. The largest absolute Gasteiger partial charge is 0.494 e. The van der Waals surface area contributed by atoms with Gasteiger partial charge in [0.05, 0.1) is 6.61 Å². The average molecular weight is 308 g/mol. The Morgan fingerprint density at radius 3 is 2.65 bits per heavy atom. The summed E-state index contributed by atoms with van der Waals surface area (Å²) in [6.07, 6.45) is 1.93. The van der Waals surface area contributed by atoms with Crippen molar-refractivity contribution in [3.8, 4) is 5.75 Å². The topological polar surface area (TPSA) is 43.3 Å². The summed E-state index contributed by atoms with van der Waals surface area (Å²) >= 11 is 0. The van der Waals surface area contributed by atoms with E-state index in [1.54, 1.807) is 0 Å². The second kappa shape index (κ2) is 6.57. The van der Waals surface area contributed by atoms with E-state index in [2.05, 4.69) is 5.32 Å². The average Bonchev–Trinajstić information content (AvgIpc) is 2.92. The maximum absolute atomic E-state index is 12.2. The Morgan fingerprint density at radius 2 is 1.91 bits per heavy atom. The molecule has 0 saturated carbocycles. The number of amides is 1. The van der Waals surface area contributed by atoms with Gasteiger partial charge in [-0.1, -0.05) is 17.7 Å². The van der Waals surface area contributed by atoms with Crippen LogP contribution in [0.25, 0.3) is 10.9 Å². The molecule has 1 aromatic heterocycles. The fourth-order valence-corrected chi connectivity index (χ4v) is 2.56. The van der Waals surface area contributed by atoms with Gasteiger partial charge in [-0.2, -0.15) is 0 Å². The van der Waals surface area contributed by atoms with Gasteiger partial charge in [0.15, 0.2) is 0 Å². The first-order valence-electron chi connectivity index (χ1n) is 7.74. The highest BCUT2D eigenvalue weighted by Gasteiger charge is 2.07. The maximum Gasteiger partial charge on any atom is 0.244 e. The predicted octanol–water partition coefficient (Wildman–Crippen LogP) is 3.99. The molecule has 0 unspecified atom stereocenters. The van der Waals surface area contributed by atoms with Gasteiger partial charge in [0.25, 0.3) is 0 Å². The zero-order valence-corrected chi connectivity index (χ0v) is 13.4. The molecule has 0 fully saturated rings. The van der Waals surface area contributed by atoms with E-state index in [0.29, 0.717) is 6.61 Å². The normalized spacial score (nSPS) is 10.7. The van der Waals surface area contributed by atoms with Crippen molar-refractivity contribution in [2.24, 2.45) is 0 Å². The molecule has 0 aliphatic rings. The van der Waals surface area contributed by atoms with E-state index in [9.17, 15) is 4.79 Å². The molecule has 4 nitrogen and oxygen atoms in total. The molecule has 1 N–H and O–H groups in total. The van der Waals surface area contributed by atoms with Crippen LogP contribution >= 0.6 is 0 Å². The SMILES string of the molecule is CCOc1ccc2c(ccn2CC(=O)Nc2ccc(C)cc2)c1. The molecule has 1 heterocycles. The van der Waals surface area contributed by atoms with Crippen LogP contribution in [0.4, 0.5) is 5.69 Å². The summed E-state index contributed by atoms with van der Waals surface area (Å²) in [4.78, 5) is 12.2. The van der Waals surface area contributed by atoms with Gasteiger partial charge in [-0.25, -0.2) is 0 Å². The van der Waals surface area contributed by atoms with Gasteiger partial charge in [-0.3, -0.25) is 4.79 Å². The summed E-state index contributed by atoms with van der Waals surface area (Å²) in [6, 6.07) is 15.7. The Hall–Kier alpha value is -2.75. The maximum atomic E-state index is 12.2. The van der Waals surface area contributed by atoms with Crippen molar-refractivity contribution in [2.45, 2.75) is 20.4 Å². The van der Waals surface area contributed by atoms with E-state index in [1.807, 2.05) is 73.1 Å². The Balaban J connectivity index is 1.73. The highest BCUT2D eigenvalue weighted by atomic mass is 16.5. The van der Waals surface area contributed by atoms with Crippen LogP contribution in [0.1, 0.15) is 12.5 Å². The van der Waals surface area contributed by atoms with Crippen molar-refractivity contribution in [1.29, 1.82) is 0 Å². The molecule has 0 spiro atoms. The van der Waals surface area contributed by atoms with Gasteiger partial charge in [0.1, 0.15) is 12.3 Å². The van der Waals surface area contributed by atoms with Crippen molar-refractivity contribution in [3.05, 3.63) is 60.3 Å². The van der Waals surface area contributed by atoms with Crippen molar-refractivity contribution in [3.63, 3.8) is 0 Å².